The van der Waals surface area contributed by atoms with E-state index >= 15 is 0 Å². The Kier molecular flexibility index (Phi) is 4.17. The minimum absolute atomic E-state index is 0.0361. The van der Waals surface area contributed by atoms with E-state index in [-0.39, 0.29) is 11.8 Å². The second-order valence-corrected chi connectivity index (χ2v) is 6.97. The highest BCUT2D eigenvalue weighted by atomic mass is 35.5. The second kappa shape index (κ2) is 6.48. The zero-order valence-corrected chi connectivity index (χ0v) is 14.8. The fraction of sp³-hybridized carbons (Fsp3) is 0.316. The number of halogens is 1. The first kappa shape index (κ1) is 16.1. The molecule has 25 heavy (non-hydrogen) atoms. The summed E-state index contributed by atoms with van der Waals surface area (Å²) in [6, 6.07) is 7.35. The van der Waals surface area contributed by atoms with Gasteiger partial charge in [-0.15, -0.1) is 0 Å². The Hall–Kier alpha value is -2.40. The Morgan fingerprint density at radius 1 is 1.36 bits per heavy atom. The van der Waals surface area contributed by atoms with Crippen molar-refractivity contribution in [2.24, 2.45) is 0 Å². The average molecular weight is 355 g/mol. The summed E-state index contributed by atoms with van der Waals surface area (Å²) in [5.41, 5.74) is 2.30. The van der Waals surface area contributed by atoms with E-state index in [2.05, 4.69) is 15.0 Å². The van der Waals surface area contributed by atoms with Crippen LogP contribution in [-0.2, 0) is 0 Å². The molecule has 5 nitrogen and oxygen atoms in total. The molecular formula is C19H19ClN4O. The molecule has 128 valence electrons. The monoisotopic (exact) mass is 354 g/mol. The van der Waals surface area contributed by atoms with Gasteiger partial charge in [-0.3, -0.25) is 9.78 Å². The first-order valence-electron chi connectivity index (χ1n) is 8.47. The van der Waals surface area contributed by atoms with Crippen molar-refractivity contribution < 1.29 is 4.79 Å². The van der Waals surface area contributed by atoms with Gasteiger partial charge in [-0.25, -0.2) is 4.98 Å². The third kappa shape index (κ3) is 3.12. The Morgan fingerprint density at radius 2 is 2.24 bits per heavy atom. The predicted molar refractivity (Wildman–Crippen MR) is 98.0 cm³/mol. The van der Waals surface area contributed by atoms with Crippen LogP contribution in [0.15, 0.2) is 36.7 Å². The number of H-pyrrole nitrogens is 1. The van der Waals surface area contributed by atoms with Gasteiger partial charge in [0.1, 0.15) is 5.82 Å². The SMILES string of the molecule is Cc1cc(C(=O)N2CCC[C@@H](c3ncc[nH]3)C2)c2cc(Cl)ccc2n1. The van der Waals surface area contributed by atoms with Crippen molar-refractivity contribution in [2.75, 3.05) is 13.1 Å². The van der Waals surface area contributed by atoms with Gasteiger partial charge in [0.05, 0.1) is 11.1 Å². The van der Waals surface area contributed by atoms with Gasteiger partial charge in [-0.05, 0) is 44.0 Å². The summed E-state index contributed by atoms with van der Waals surface area (Å²) in [5.74, 6) is 1.25. The number of rotatable bonds is 2. The van der Waals surface area contributed by atoms with Crippen LogP contribution in [0, 0.1) is 6.92 Å². The standard InChI is InChI=1S/C19H19ClN4O/c1-12-9-16(15-10-14(20)4-5-17(15)23-12)19(25)24-8-2-3-13(11-24)18-21-6-7-22-18/h4-7,9-10,13H,2-3,8,11H2,1H3,(H,21,22)/t13-/m1/s1. The zero-order chi connectivity index (χ0) is 17.4. The fourth-order valence-corrected chi connectivity index (χ4v) is 3.74. The van der Waals surface area contributed by atoms with E-state index < -0.39 is 0 Å². The highest BCUT2D eigenvalue weighted by molar-refractivity contribution is 6.31. The third-order valence-electron chi connectivity index (χ3n) is 4.74. The molecule has 3 heterocycles. The number of carbonyl (C=O) groups excluding carboxylic acids is 1. The number of aromatic nitrogens is 3. The Balaban J connectivity index is 1.68. The molecule has 4 rings (SSSR count). The number of aryl methyl sites for hydroxylation is 1. The van der Waals surface area contributed by atoms with Gasteiger partial charge in [0.2, 0.25) is 0 Å². The average Bonchev–Trinajstić information content (AvgIpc) is 3.16. The van der Waals surface area contributed by atoms with Crippen LogP contribution in [0.25, 0.3) is 10.9 Å². The lowest BCUT2D eigenvalue weighted by Crippen LogP contribution is -2.39. The molecule has 0 unspecified atom stereocenters. The summed E-state index contributed by atoms with van der Waals surface area (Å²) in [4.78, 5) is 27.2. The molecule has 2 aromatic heterocycles. The van der Waals surface area contributed by atoms with Gasteiger partial charge in [-0.2, -0.15) is 0 Å². The first-order chi connectivity index (χ1) is 12.1. The fourth-order valence-electron chi connectivity index (χ4n) is 3.56. The van der Waals surface area contributed by atoms with Crippen molar-refractivity contribution in [2.45, 2.75) is 25.7 Å². The molecule has 1 aliphatic heterocycles. The molecule has 0 bridgehead atoms. The number of nitrogens with one attached hydrogen (secondary N) is 1. The Bertz CT molecular complexity index is 923. The van der Waals surface area contributed by atoms with Crippen molar-refractivity contribution >= 4 is 28.4 Å². The molecule has 1 saturated heterocycles. The summed E-state index contributed by atoms with van der Waals surface area (Å²) >= 11 is 6.15. The number of hydrogen-bond donors (Lipinski definition) is 1. The topological polar surface area (TPSA) is 61.9 Å². The number of carbonyl (C=O) groups is 1. The van der Waals surface area contributed by atoms with Gasteiger partial charge >= 0.3 is 0 Å². The lowest BCUT2D eigenvalue weighted by Gasteiger charge is -2.32. The molecule has 0 spiro atoms. The predicted octanol–water partition coefficient (Wildman–Crippen LogP) is 3.94. The van der Waals surface area contributed by atoms with Crippen LogP contribution >= 0.6 is 11.6 Å². The highest BCUT2D eigenvalue weighted by Crippen LogP contribution is 2.28. The number of amides is 1. The minimum atomic E-state index is 0.0361. The van der Waals surface area contributed by atoms with E-state index in [0.29, 0.717) is 17.1 Å². The van der Waals surface area contributed by atoms with Crippen molar-refractivity contribution in [3.05, 3.63) is 58.8 Å². The number of pyridine rings is 1. The number of fused-ring (bicyclic) bond motifs is 1. The third-order valence-corrected chi connectivity index (χ3v) is 4.98. The number of imidazole rings is 1. The molecule has 1 N–H and O–H groups in total. The molecule has 3 aromatic rings. The van der Waals surface area contributed by atoms with Crippen molar-refractivity contribution in [1.82, 2.24) is 19.9 Å². The number of aromatic amines is 1. The summed E-state index contributed by atoms with van der Waals surface area (Å²) in [7, 11) is 0. The molecule has 1 atom stereocenters. The van der Waals surface area contributed by atoms with Gasteiger partial charge in [-0.1, -0.05) is 11.6 Å². The molecule has 1 aromatic carbocycles. The van der Waals surface area contributed by atoms with Gasteiger partial charge in [0, 0.05) is 47.5 Å². The van der Waals surface area contributed by atoms with Crippen LogP contribution in [0.5, 0.6) is 0 Å². The maximum absolute atomic E-state index is 13.2. The molecule has 6 heteroatoms. The number of benzene rings is 1. The molecule has 0 radical (unpaired) electrons. The van der Waals surface area contributed by atoms with E-state index in [1.807, 2.05) is 36.2 Å². The van der Waals surface area contributed by atoms with Crippen LogP contribution in [0.3, 0.4) is 0 Å². The Morgan fingerprint density at radius 3 is 3.04 bits per heavy atom. The van der Waals surface area contributed by atoms with Crippen LogP contribution in [0.4, 0.5) is 0 Å². The lowest BCUT2D eigenvalue weighted by molar-refractivity contribution is 0.0706. The normalized spacial score (nSPS) is 17.8. The number of likely N-dealkylation sites (tertiary alicyclic amines) is 1. The summed E-state index contributed by atoms with van der Waals surface area (Å²) in [6.45, 7) is 3.35. The number of nitrogens with zero attached hydrogens (tertiary/aromatic N) is 3. The van der Waals surface area contributed by atoms with E-state index in [4.69, 9.17) is 11.6 Å². The van der Waals surface area contributed by atoms with Crippen molar-refractivity contribution in [3.63, 3.8) is 0 Å². The van der Waals surface area contributed by atoms with E-state index in [9.17, 15) is 4.79 Å². The Labute approximate surface area is 151 Å². The van der Waals surface area contributed by atoms with Crippen molar-refractivity contribution in [1.29, 1.82) is 0 Å². The number of hydrogen-bond acceptors (Lipinski definition) is 3. The first-order valence-corrected chi connectivity index (χ1v) is 8.85. The molecule has 1 amide bonds. The van der Waals surface area contributed by atoms with Gasteiger partial charge in [0.15, 0.2) is 0 Å². The molecular weight excluding hydrogens is 336 g/mol. The van der Waals surface area contributed by atoms with E-state index in [1.54, 1.807) is 12.3 Å². The van der Waals surface area contributed by atoms with E-state index in [1.165, 1.54) is 0 Å². The van der Waals surface area contributed by atoms with Crippen LogP contribution in [0.2, 0.25) is 5.02 Å². The largest absolute Gasteiger partial charge is 0.348 e. The minimum Gasteiger partial charge on any atom is -0.348 e. The number of piperidine rings is 1. The summed E-state index contributed by atoms with van der Waals surface area (Å²) in [5, 5.41) is 1.42. The smallest absolute Gasteiger partial charge is 0.254 e. The quantitative estimate of drug-likeness (QED) is 0.758. The highest BCUT2D eigenvalue weighted by Gasteiger charge is 2.27. The molecule has 0 saturated carbocycles. The molecule has 1 fully saturated rings. The maximum Gasteiger partial charge on any atom is 0.254 e. The summed E-state index contributed by atoms with van der Waals surface area (Å²) < 4.78 is 0. The van der Waals surface area contributed by atoms with E-state index in [0.717, 1.165) is 41.8 Å². The van der Waals surface area contributed by atoms with Crippen LogP contribution < -0.4 is 0 Å². The maximum atomic E-state index is 13.2. The lowest BCUT2D eigenvalue weighted by atomic mass is 9.96. The molecule has 1 aliphatic rings. The summed E-state index contributed by atoms with van der Waals surface area (Å²) in [6.07, 6.45) is 5.61. The van der Waals surface area contributed by atoms with Crippen molar-refractivity contribution in [3.8, 4) is 0 Å². The van der Waals surface area contributed by atoms with Gasteiger partial charge in [0.25, 0.3) is 5.91 Å². The molecule has 0 aliphatic carbocycles. The van der Waals surface area contributed by atoms with Crippen LogP contribution in [-0.4, -0.2) is 38.8 Å². The second-order valence-electron chi connectivity index (χ2n) is 6.54. The van der Waals surface area contributed by atoms with Gasteiger partial charge < -0.3 is 9.88 Å². The van der Waals surface area contributed by atoms with Crippen LogP contribution in [0.1, 0.15) is 40.6 Å². The zero-order valence-electron chi connectivity index (χ0n) is 14.0.